The van der Waals surface area contributed by atoms with Crippen LogP contribution in [0.5, 0.6) is 0 Å². The Kier molecular flexibility index (Phi) is 7.47. The van der Waals surface area contributed by atoms with Gasteiger partial charge in [0.05, 0.1) is 25.3 Å². The highest BCUT2D eigenvalue weighted by Crippen LogP contribution is 2.43. The average molecular weight is 525 g/mol. The van der Waals surface area contributed by atoms with Crippen LogP contribution in [-0.4, -0.2) is 77.9 Å². The lowest BCUT2D eigenvalue weighted by Crippen LogP contribution is -2.55. The van der Waals surface area contributed by atoms with E-state index in [1.54, 1.807) is 31.7 Å². The summed E-state index contributed by atoms with van der Waals surface area (Å²) < 4.78 is 26.0. The van der Waals surface area contributed by atoms with Crippen molar-refractivity contribution in [2.45, 2.75) is 82.6 Å². The van der Waals surface area contributed by atoms with Gasteiger partial charge in [-0.25, -0.2) is 9.18 Å². The summed E-state index contributed by atoms with van der Waals surface area (Å²) >= 11 is 0. The summed E-state index contributed by atoms with van der Waals surface area (Å²) in [6.07, 6.45) is 5.02. The van der Waals surface area contributed by atoms with Crippen LogP contribution < -0.4 is 5.32 Å². The number of ether oxygens (including phenoxy) is 2. The van der Waals surface area contributed by atoms with E-state index in [4.69, 9.17) is 9.47 Å². The zero-order chi connectivity index (χ0) is 27.0. The Balaban J connectivity index is 1.22. The number of rotatable bonds is 6. The number of piperidine rings is 1. The van der Waals surface area contributed by atoms with Crippen molar-refractivity contribution in [1.29, 1.82) is 5.26 Å². The summed E-state index contributed by atoms with van der Waals surface area (Å²) in [6, 6.07) is 6.11. The van der Waals surface area contributed by atoms with Crippen molar-refractivity contribution < 1.29 is 23.5 Å². The molecule has 1 aromatic rings. The van der Waals surface area contributed by atoms with Crippen LogP contribution in [-0.2, 0) is 20.7 Å². The number of hydrogen-bond donors (Lipinski definition) is 1. The Morgan fingerprint density at radius 3 is 2.66 bits per heavy atom. The van der Waals surface area contributed by atoms with Crippen LogP contribution in [0.4, 0.5) is 9.18 Å². The topological polar surface area (TPSA) is 94.9 Å². The van der Waals surface area contributed by atoms with Gasteiger partial charge in [-0.3, -0.25) is 14.6 Å². The number of halogens is 1. The Bertz CT molecular complexity index is 1150. The van der Waals surface area contributed by atoms with Gasteiger partial charge in [0.15, 0.2) is 0 Å². The second-order valence-electron chi connectivity index (χ2n) is 11.9. The molecule has 2 bridgehead atoms. The lowest BCUT2D eigenvalue weighted by molar-refractivity contribution is -0.128. The predicted octanol–water partition coefficient (Wildman–Crippen LogP) is 3.65. The van der Waals surface area contributed by atoms with Crippen LogP contribution in [0.3, 0.4) is 0 Å². The van der Waals surface area contributed by atoms with Crippen molar-refractivity contribution in [3.8, 4) is 6.07 Å². The molecule has 2 amide bonds. The number of likely N-dealkylation sites (tertiary alicyclic amines) is 1. The smallest absolute Gasteiger partial charge is 0.411 e. The van der Waals surface area contributed by atoms with Gasteiger partial charge in [-0.2, -0.15) is 5.26 Å². The molecule has 5 rings (SSSR count). The van der Waals surface area contributed by atoms with Gasteiger partial charge in [0.25, 0.3) is 0 Å². The second-order valence-corrected chi connectivity index (χ2v) is 11.9. The molecule has 0 spiro atoms. The molecule has 1 N–H and O–H groups in total. The standard InChI is InChI=1S/C29H37FN4O4/c1-29(2,3)38-28(36)34-23-7-6-21(13-23)26(34)27(35)32-22(15-31)12-20-5-4-19(14-25(20)30)18-8-10-33(11-9-18)24-16-37-17-24/h4-5,8,14,21-24,26H,6-7,9-13,16-17H2,1-3H3,(H,32,35)/t21-,22-,23+,26-/m0/s1. The van der Waals surface area contributed by atoms with Crippen LogP contribution in [0.2, 0.25) is 0 Å². The largest absolute Gasteiger partial charge is 0.444 e. The quantitative estimate of drug-likeness (QED) is 0.611. The number of hydrogen-bond acceptors (Lipinski definition) is 6. The van der Waals surface area contributed by atoms with Crippen LogP contribution in [0.1, 0.15) is 57.6 Å². The van der Waals surface area contributed by atoms with E-state index < -0.39 is 23.8 Å². The molecule has 0 unspecified atom stereocenters. The average Bonchev–Trinajstić information content (AvgIpc) is 3.45. The lowest BCUT2D eigenvalue weighted by atomic mass is 9.95. The first kappa shape index (κ1) is 26.6. The van der Waals surface area contributed by atoms with Crippen LogP contribution in [0.15, 0.2) is 24.3 Å². The van der Waals surface area contributed by atoms with Crippen LogP contribution in [0.25, 0.3) is 5.57 Å². The van der Waals surface area contributed by atoms with Crippen molar-refractivity contribution in [3.63, 3.8) is 0 Å². The Hall–Kier alpha value is -2.96. The summed E-state index contributed by atoms with van der Waals surface area (Å²) in [5, 5.41) is 12.5. The maximum absolute atomic E-state index is 15.1. The van der Waals surface area contributed by atoms with E-state index in [0.29, 0.717) is 11.6 Å². The molecule has 9 heteroatoms. The van der Waals surface area contributed by atoms with Gasteiger partial charge in [0.2, 0.25) is 5.91 Å². The molecular formula is C29H37FN4O4. The Labute approximate surface area is 223 Å². The fourth-order valence-electron chi connectivity index (χ4n) is 6.13. The summed E-state index contributed by atoms with van der Waals surface area (Å²) in [4.78, 5) is 30.1. The van der Waals surface area contributed by atoms with Crippen molar-refractivity contribution in [2.75, 3.05) is 26.3 Å². The Morgan fingerprint density at radius 2 is 2.05 bits per heavy atom. The number of amides is 2. The molecule has 1 aliphatic carbocycles. The maximum Gasteiger partial charge on any atom is 0.411 e. The second kappa shape index (κ2) is 10.7. The lowest BCUT2D eigenvalue weighted by Gasteiger charge is -2.38. The third kappa shape index (κ3) is 5.57. The van der Waals surface area contributed by atoms with Crippen molar-refractivity contribution in [3.05, 3.63) is 41.2 Å². The highest BCUT2D eigenvalue weighted by atomic mass is 19.1. The van der Waals surface area contributed by atoms with Crippen molar-refractivity contribution >= 4 is 17.6 Å². The number of fused-ring (bicyclic) bond motifs is 2. The first-order valence-electron chi connectivity index (χ1n) is 13.6. The molecule has 1 saturated carbocycles. The molecule has 8 nitrogen and oxygen atoms in total. The van der Waals surface area contributed by atoms with E-state index >= 15 is 4.39 Å². The summed E-state index contributed by atoms with van der Waals surface area (Å²) in [7, 11) is 0. The van der Waals surface area contributed by atoms with Crippen LogP contribution >= 0.6 is 0 Å². The molecule has 3 fully saturated rings. The molecule has 1 aromatic carbocycles. The first-order valence-corrected chi connectivity index (χ1v) is 13.6. The normalized spacial score (nSPS) is 26.3. The third-order valence-corrected chi connectivity index (χ3v) is 8.16. The summed E-state index contributed by atoms with van der Waals surface area (Å²) in [5.74, 6) is -0.720. The predicted molar refractivity (Wildman–Crippen MR) is 139 cm³/mol. The van der Waals surface area contributed by atoms with E-state index in [9.17, 15) is 14.9 Å². The van der Waals surface area contributed by atoms with Gasteiger partial charge in [0, 0.05) is 25.6 Å². The number of nitriles is 1. The molecule has 2 saturated heterocycles. The molecule has 0 radical (unpaired) electrons. The molecule has 204 valence electrons. The molecule has 4 aliphatic rings. The first-order chi connectivity index (χ1) is 18.1. The summed E-state index contributed by atoms with van der Waals surface area (Å²) in [5.41, 5.74) is 1.68. The number of carbonyl (C=O) groups is 2. The molecule has 38 heavy (non-hydrogen) atoms. The third-order valence-electron chi connectivity index (χ3n) is 8.16. The van der Waals surface area contributed by atoms with Crippen molar-refractivity contribution in [2.24, 2.45) is 5.92 Å². The highest BCUT2D eigenvalue weighted by Gasteiger charge is 2.52. The van der Waals surface area contributed by atoms with Crippen LogP contribution in [0, 0.1) is 23.1 Å². The fraction of sp³-hybridized carbons (Fsp3) is 0.621. The SMILES string of the molecule is CC(C)(C)OC(=O)N1[C@@H]2CC[C@@H](C2)[C@H]1C(=O)N[C@H](C#N)Cc1ccc(C2=CCN(C3COC3)CC2)cc1F. The minimum atomic E-state index is -0.908. The number of benzene rings is 1. The van der Waals surface area contributed by atoms with E-state index in [2.05, 4.69) is 22.4 Å². The van der Waals surface area contributed by atoms with E-state index in [1.165, 1.54) is 6.07 Å². The fourth-order valence-corrected chi connectivity index (χ4v) is 6.13. The molecule has 3 heterocycles. The van der Waals surface area contributed by atoms with Gasteiger partial charge in [0.1, 0.15) is 23.5 Å². The molecule has 0 aromatic heterocycles. The molecule has 4 atom stereocenters. The number of carbonyl (C=O) groups excluding carboxylic acids is 2. The van der Waals surface area contributed by atoms with E-state index in [1.807, 2.05) is 6.07 Å². The zero-order valence-corrected chi connectivity index (χ0v) is 22.4. The maximum atomic E-state index is 15.1. The highest BCUT2D eigenvalue weighted by molar-refractivity contribution is 5.87. The minimum Gasteiger partial charge on any atom is -0.444 e. The monoisotopic (exact) mass is 524 g/mol. The minimum absolute atomic E-state index is 0.0284. The number of nitrogens with zero attached hydrogens (tertiary/aromatic N) is 3. The van der Waals surface area contributed by atoms with Gasteiger partial charge in [-0.15, -0.1) is 0 Å². The van der Waals surface area contributed by atoms with Gasteiger partial charge in [-0.1, -0.05) is 18.2 Å². The van der Waals surface area contributed by atoms with Gasteiger partial charge >= 0.3 is 6.09 Å². The number of nitrogens with one attached hydrogen (secondary N) is 1. The zero-order valence-electron chi connectivity index (χ0n) is 22.4. The molecular weight excluding hydrogens is 487 g/mol. The van der Waals surface area contributed by atoms with Gasteiger partial charge in [-0.05, 0) is 75.1 Å². The van der Waals surface area contributed by atoms with Gasteiger partial charge < -0.3 is 14.8 Å². The van der Waals surface area contributed by atoms with E-state index in [-0.39, 0.29) is 30.1 Å². The van der Waals surface area contributed by atoms with E-state index in [0.717, 1.165) is 63.1 Å². The Morgan fingerprint density at radius 1 is 1.26 bits per heavy atom. The summed E-state index contributed by atoms with van der Waals surface area (Å²) in [6.45, 7) is 8.71. The molecule has 3 aliphatic heterocycles. The van der Waals surface area contributed by atoms with Crippen molar-refractivity contribution in [1.82, 2.24) is 15.1 Å².